The number of halogens is 3. The standard InChI is InChI=1S/C8H3F3N2O2S/c9-8(10,11)5-1-2-6(16)4(3-12)7(5)13(14)15/h1-2,16H. The fourth-order valence-electron chi connectivity index (χ4n) is 1.11. The summed E-state index contributed by atoms with van der Waals surface area (Å²) in [7, 11) is 0. The second-order valence-electron chi connectivity index (χ2n) is 2.72. The van der Waals surface area contributed by atoms with E-state index in [1.54, 1.807) is 0 Å². The van der Waals surface area contributed by atoms with Gasteiger partial charge in [0.15, 0.2) is 0 Å². The molecule has 0 fully saturated rings. The van der Waals surface area contributed by atoms with Gasteiger partial charge in [-0.3, -0.25) is 10.1 Å². The Morgan fingerprint density at radius 3 is 2.38 bits per heavy atom. The molecule has 0 saturated carbocycles. The minimum Gasteiger partial charge on any atom is -0.258 e. The number of hydrogen-bond donors (Lipinski definition) is 1. The molecule has 0 aliphatic rings. The highest BCUT2D eigenvalue weighted by Crippen LogP contribution is 2.39. The van der Waals surface area contributed by atoms with Gasteiger partial charge in [-0.2, -0.15) is 18.4 Å². The molecular weight excluding hydrogens is 245 g/mol. The molecule has 0 aliphatic carbocycles. The third kappa shape index (κ3) is 2.09. The van der Waals surface area contributed by atoms with E-state index in [2.05, 4.69) is 12.6 Å². The van der Waals surface area contributed by atoms with E-state index in [1.807, 2.05) is 0 Å². The van der Waals surface area contributed by atoms with Crippen LogP contribution >= 0.6 is 12.6 Å². The molecular formula is C8H3F3N2O2S. The summed E-state index contributed by atoms with van der Waals surface area (Å²) in [6, 6.07) is 2.77. The van der Waals surface area contributed by atoms with E-state index in [0.29, 0.717) is 6.07 Å². The summed E-state index contributed by atoms with van der Waals surface area (Å²) in [6.07, 6.45) is -4.88. The van der Waals surface area contributed by atoms with Gasteiger partial charge in [0.2, 0.25) is 0 Å². The largest absolute Gasteiger partial charge is 0.423 e. The molecule has 0 unspecified atom stereocenters. The number of hydrogen-bond acceptors (Lipinski definition) is 4. The quantitative estimate of drug-likeness (QED) is 0.472. The summed E-state index contributed by atoms with van der Waals surface area (Å²) in [6.45, 7) is 0. The summed E-state index contributed by atoms with van der Waals surface area (Å²) < 4.78 is 37.3. The van der Waals surface area contributed by atoms with Crippen LogP contribution in [0.15, 0.2) is 17.0 Å². The van der Waals surface area contributed by atoms with Crippen LogP contribution in [0.4, 0.5) is 18.9 Å². The summed E-state index contributed by atoms with van der Waals surface area (Å²) in [5.74, 6) is 0. The first-order valence-electron chi connectivity index (χ1n) is 3.76. The number of nitro groups is 1. The molecule has 0 radical (unpaired) electrons. The van der Waals surface area contributed by atoms with Crippen LogP contribution in [0, 0.1) is 21.4 Å². The van der Waals surface area contributed by atoms with Crippen molar-refractivity contribution in [1.82, 2.24) is 0 Å². The average molecular weight is 248 g/mol. The number of rotatable bonds is 1. The topological polar surface area (TPSA) is 66.9 Å². The Bertz CT molecular complexity index is 493. The van der Waals surface area contributed by atoms with Crippen LogP contribution in [0.25, 0.3) is 0 Å². The fraction of sp³-hybridized carbons (Fsp3) is 0.125. The monoisotopic (exact) mass is 248 g/mol. The lowest BCUT2D eigenvalue weighted by Gasteiger charge is -2.08. The number of nitrogens with zero attached hydrogens (tertiary/aromatic N) is 2. The Kier molecular flexibility index (Phi) is 3.09. The lowest BCUT2D eigenvalue weighted by atomic mass is 10.1. The molecule has 1 aromatic rings. The van der Waals surface area contributed by atoms with Crippen molar-refractivity contribution < 1.29 is 18.1 Å². The number of alkyl halides is 3. The van der Waals surface area contributed by atoms with E-state index in [0.717, 1.165) is 6.07 Å². The third-order valence-electron chi connectivity index (χ3n) is 1.76. The lowest BCUT2D eigenvalue weighted by Crippen LogP contribution is -2.10. The molecule has 0 aromatic heterocycles. The summed E-state index contributed by atoms with van der Waals surface area (Å²) in [4.78, 5) is 9.12. The predicted octanol–water partition coefficient (Wildman–Crippen LogP) is 2.77. The van der Waals surface area contributed by atoms with Crippen LogP contribution in [-0.2, 0) is 6.18 Å². The Labute approximate surface area is 92.9 Å². The molecule has 0 atom stereocenters. The Morgan fingerprint density at radius 1 is 1.44 bits per heavy atom. The Hall–Kier alpha value is -1.75. The van der Waals surface area contributed by atoms with E-state index in [9.17, 15) is 23.3 Å². The molecule has 0 N–H and O–H groups in total. The zero-order valence-corrected chi connectivity index (χ0v) is 8.34. The molecule has 0 saturated heterocycles. The van der Waals surface area contributed by atoms with E-state index in [1.165, 1.54) is 6.07 Å². The van der Waals surface area contributed by atoms with Crippen molar-refractivity contribution in [2.24, 2.45) is 0 Å². The molecule has 0 heterocycles. The van der Waals surface area contributed by atoms with E-state index >= 15 is 0 Å². The fourth-order valence-corrected chi connectivity index (χ4v) is 1.34. The first-order chi connectivity index (χ1) is 7.29. The molecule has 0 spiro atoms. The zero-order chi connectivity index (χ0) is 12.5. The highest BCUT2D eigenvalue weighted by molar-refractivity contribution is 7.80. The van der Waals surface area contributed by atoms with Gasteiger partial charge in [-0.25, -0.2) is 0 Å². The molecule has 4 nitrogen and oxygen atoms in total. The number of nitriles is 1. The first kappa shape index (κ1) is 12.3. The highest BCUT2D eigenvalue weighted by atomic mass is 32.1. The van der Waals surface area contributed by atoms with E-state index in [4.69, 9.17) is 5.26 Å². The van der Waals surface area contributed by atoms with Gasteiger partial charge in [-0.15, -0.1) is 12.6 Å². The summed E-state index contributed by atoms with van der Waals surface area (Å²) >= 11 is 3.69. The maximum atomic E-state index is 12.4. The number of benzene rings is 1. The van der Waals surface area contributed by atoms with Crippen LogP contribution in [0.5, 0.6) is 0 Å². The van der Waals surface area contributed by atoms with Crippen molar-refractivity contribution in [3.63, 3.8) is 0 Å². The van der Waals surface area contributed by atoms with Gasteiger partial charge in [0.1, 0.15) is 17.2 Å². The number of nitro benzene ring substituents is 1. The zero-order valence-electron chi connectivity index (χ0n) is 7.45. The van der Waals surface area contributed by atoms with E-state index < -0.39 is 27.9 Å². The van der Waals surface area contributed by atoms with Crippen molar-refractivity contribution in [1.29, 1.82) is 5.26 Å². The summed E-state index contributed by atoms with van der Waals surface area (Å²) in [5.41, 5.74) is -3.41. The molecule has 0 amide bonds. The van der Waals surface area contributed by atoms with Crippen molar-refractivity contribution in [3.8, 4) is 6.07 Å². The van der Waals surface area contributed by atoms with Gasteiger partial charge < -0.3 is 0 Å². The average Bonchev–Trinajstić information content (AvgIpc) is 2.14. The molecule has 16 heavy (non-hydrogen) atoms. The van der Waals surface area contributed by atoms with Gasteiger partial charge in [0.25, 0.3) is 5.69 Å². The smallest absolute Gasteiger partial charge is 0.258 e. The SMILES string of the molecule is N#Cc1c(S)ccc(C(F)(F)F)c1[N+](=O)[O-]. The van der Waals surface area contributed by atoms with Gasteiger partial charge in [-0.1, -0.05) is 0 Å². The second-order valence-corrected chi connectivity index (χ2v) is 3.20. The highest BCUT2D eigenvalue weighted by Gasteiger charge is 2.40. The molecule has 1 aromatic carbocycles. The third-order valence-corrected chi connectivity index (χ3v) is 2.13. The van der Waals surface area contributed by atoms with Crippen LogP contribution in [0.3, 0.4) is 0 Å². The van der Waals surface area contributed by atoms with Crippen molar-refractivity contribution in [2.75, 3.05) is 0 Å². The molecule has 84 valence electrons. The second kappa shape index (κ2) is 4.02. The van der Waals surface area contributed by atoms with Gasteiger partial charge in [0, 0.05) is 4.90 Å². The van der Waals surface area contributed by atoms with Crippen LogP contribution in [0.1, 0.15) is 11.1 Å². The Morgan fingerprint density at radius 2 is 2.00 bits per heavy atom. The minimum absolute atomic E-state index is 0.165. The molecule has 1 rings (SSSR count). The maximum Gasteiger partial charge on any atom is 0.423 e. The lowest BCUT2D eigenvalue weighted by molar-refractivity contribution is -0.388. The van der Waals surface area contributed by atoms with E-state index in [-0.39, 0.29) is 4.90 Å². The van der Waals surface area contributed by atoms with Crippen molar-refractivity contribution >= 4 is 18.3 Å². The molecule has 0 bridgehead atoms. The van der Waals surface area contributed by atoms with Crippen LogP contribution < -0.4 is 0 Å². The van der Waals surface area contributed by atoms with Crippen LogP contribution in [0.2, 0.25) is 0 Å². The van der Waals surface area contributed by atoms with Gasteiger partial charge >= 0.3 is 6.18 Å². The summed E-state index contributed by atoms with van der Waals surface area (Å²) in [5, 5.41) is 19.1. The molecule has 8 heteroatoms. The van der Waals surface area contributed by atoms with Crippen molar-refractivity contribution in [3.05, 3.63) is 33.4 Å². The molecule has 0 aliphatic heterocycles. The Balaban J connectivity index is 3.67. The van der Waals surface area contributed by atoms with Crippen molar-refractivity contribution in [2.45, 2.75) is 11.1 Å². The first-order valence-corrected chi connectivity index (χ1v) is 4.21. The van der Waals surface area contributed by atoms with Gasteiger partial charge in [-0.05, 0) is 12.1 Å². The van der Waals surface area contributed by atoms with Crippen LogP contribution in [-0.4, -0.2) is 4.92 Å². The normalized spacial score (nSPS) is 10.9. The minimum atomic E-state index is -4.88. The number of thiol groups is 1. The van der Waals surface area contributed by atoms with Gasteiger partial charge in [0.05, 0.1) is 4.92 Å². The predicted molar refractivity (Wildman–Crippen MR) is 50.1 cm³/mol. The maximum absolute atomic E-state index is 12.4.